The van der Waals surface area contributed by atoms with Crippen LogP contribution in [0.4, 0.5) is 5.69 Å². The number of amides is 1. The summed E-state index contributed by atoms with van der Waals surface area (Å²) in [5.74, 6) is 2.36. The number of carbonyl (C=O) groups excluding carboxylic acids is 1. The van der Waals surface area contributed by atoms with Crippen LogP contribution in [0.5, 0.6) is 23.0 Å². The second-order valence-electron chi connectivity index (χ2n) is 7.39. The highest BCUT2D eigenvalue weighted by molar-refractivity contribution is 6.05. The molecule has 32 heavy (non-hydrogen) atoms. The molecule has 0 atom stereocenters. The van der Waals surface area contributed by atoms with Gasteiger partial charge in [-0.05, 0) is 74.4 Å². The number of ether oxygens (including phenoxy) is 4. The van der Waals surface area contributed by atoms with Crippen LogP contribution < -0.4 is 24.3 Å². The lowest BCUT2D eigenvalue weighted by atomic mass is 10.1. The number of rotatable bonds is 9. The number of methoxy groups -OCH3 is 2. The third-order valence-electron chi connectivity index (χ3n) is 4.87. The van der Waals surface area contributed by atoms with Crippen LogP contribution in [0.1, 0.15) is 34.0 Å². The van der Waals surface area contributed by atoms with Gasteiger partial charge < -0.3 is 24.3 Å². The van der Waals surface area contributed by atoms with E-state index in [9.17, 15) is 4.79 Å². The number of nitrogens with one attached hydrogen (secondary N) is 1. The molecule has 0 aliphatic heterocycles. The van der Waals surface area contributed by atoms with Gasteiger partial charge in [0.2, 0.25) is 0 Å². The summed E-state index contributed by atoms with van der Waals surface area (Å²) in [5, 5.41) is 2.89. The Balaban J connectivity index is 1.83. The number of anilines is 1. The Morgan fingerprint density at radius 1 is 0.812 bits per heavy atom. The summed E-state index contributed by atoms with van der Waals surface area (Å²) >= 11 is 0. The second kappa shape index (κ2) is 10.6. The molecule has 0 fully saturated rings. The van der Waals surface area contributed by atoms with Gasteiger partial charge in [-0.15, -0.1) is 0 Å². The van der Waals surface area contributed by atoms with Crippen LogP contribution in [-0.2, 0) is 6.61 Å². The van der Waals surface area contributed by atoms with E-state index in [2.05, 4.69) is 11.4 Å². The largest absolute Gasteiger partial charge is 0.497 e. The average Bonchev–Trinajstić information content (AvgIpc) is 2.77. The van der Waals surface area contributed by atoms with Gasteiger partial charge >= 0.3 is 0 Å². The zero-order chi connectivity index (χ0) is 23.1. The highest BCUT2D eigenvalue weighted by Crippen LogP contribution is 2.30. The number of carbonyl (C=O) groups is 1. The Morgan fingerprint density at radius 3 is 2.19 bits per heavy atom. The maximum atomic E-state index is 13.0. The first-order valence-electron chi connectivity index (χ1n) is 10.4. The SMILES string of the molecule is CCOc1ccc(C(=O)Nc2cc(OC)ccc2OC)cc1COc1cc(C)cc(C)c1. The van der Waals surface area contributed by atoms with Crippen LogP contribution in [0, 0.1) is 13.8 Å². The Bertz CT molecular complexity index is 1070. The van der Waals surface area contributed by atoms with Crippen molar-refractivity contribution in [2.24, 2.45) is 0 Å². The highest BCUT2D eigenvalue weighted by Gasteiger charge is 2.14. The molecule has 168 valence electrons. The highest BCUT2D eigenvalue weighted by atomic mass is 16.5. The lowest BCUT2D eigenvalue weighted by Crippen LogP contribution is -2.14. The van der Waals surface area contributed by atoms with E-state index in [0.29, 0.717) is 35.1 Å². The first-order chi connectivity index (χ1) is 15.4. The van der Waals surface area contributed by atoms with E-state index in [-0.39, 0.29) is 12.5 Å². The molecule has 3 rings (SSSR count). The summed E-state index contributed by atoms with van der Waals surface area (Å²) in [7, 11) is 3.12. The fourth-order valence-electron chi connectivity index (χ4n) is 3.41. The molecule has 6 heteroatoms. The number of hydrogen-bond donors (Lipinski definition) is 1. The normalized spacial score (nSPS) is 10.4. The van der Waals surface area contributed by atoms with Crippen molar-refractivity contribution in [2.75, 3.05) is 26.1 Å². The summed E-state index contributed by atoms with van der Waals surface area (Å²) in [6, 6.07) is 16.6. The third kappa shape index (κ3) is 5.72. The van der Waals surface area contributed by atoms with Crippen LogP contribution in [0.25, 0.3) is 0 Å². The monoisotopic (exact) mass is 435 g/mol. The number of aryl methyl sites for hydroxylation is 2. The maximum Gasteiger partial charge on any atom is 0.255 e. The van der Waals surface area contributed by atoms with Crippen LogP contribution in [-0.4, -0.2) is 26.7 Å². The van der Waals surface area contributed by atoms with E-state index < -0.39 is 0 Å². The first-order valence-corrected chi connectivity index (χ1v) is 10.4. The molecule has 6 nitrogen and oxygen atoms in total. The molecule has 0 aliphatic carbocycles. The summed E-state index contributed by atoms with van der Waals surface area (Å²) in [4.78, 5) is 13.0. The van der Waals surface area contributed by atoms with Gasteiger partial charge in [-0.25, -0.2) is 0 Å². The van der Waals surface area contributed by atoms with E-state index in [4.69, 9.17) is 18.9 Å². The molecule has 0 radical (unpaired) electrons. The summed E-state index contributed by atoms with van der Waals surface area (Å²) in [5.41, 5.74) is 4.06. The molecule has 0 unspecified atom stereocenters. The molecule has 0 bridgehead atoms. The Kier molecular flexibility index (Phi) is 7.60. The fourth-order valence-corrected chi connectivity index (χ4v) is 3.41. The number of hydrogen-bond acceptors (Lipinski definition) is 5. The van der Waals surface area contributed by atoms with Gasteiger partial charge in [-0.3, -0.25) is 4.79 Å². The smallest absolute Gasteiger partial charge is 0.255 e. The van der Waals surface area contributed by atoms with Crippen molar-refractivity contribution < 1.29 is 23.7 Å². The summed E-state index contributed by atoms with van der Waals surface area (Å²) in [6.45, 7) is 6.78. The topological polar surface area (TPSA) is 66.0 Å². The van der Waals surface area contributed by atoms with Crippen molar-refractivity contribution in [1.29, 1.82) is 0 Å². The molecule has 0 saturated heterocycles. The third-order valence-corrected chi connectivity index (χ3v) is 4.87. The fraction of sp³-hybridized carbons (Fsp3) is 0.269. The minimum absolute atomic E-state index is 0.271. The Labute approximate surface area is 189 Å². The summed E-state index contributed by atoms with van der Waals surface area (Å²) < 4.78 is 22.4. The average molecular weight is 436 g/mol. The molecular formula is C26H29NO5. The predicted molar refractivity (Wildman–Crippen MR) is 125 cm³/mol. The minimum Gasteiger partial charge on any atom is -0.497 e. The lowest BCUT2D eigenvalue weighted by Gasteiger charge is -2.15. The standard InChI is InChI=1S/C26H29NO5/c1-6-31-24-9-7-19(14-20(24)16-32-22-12-17(2)11-18(3)13-22)26(28)27-23-15-21(29-4)8-10-25(23)30-5/h7-15H,6,16H2,1-5H3,(H,27,28). The molecule has 3 aromatic carbocycles. The molecular weight excluding hydrogens is 406 g/mol. The van der Waals surface area contributed by atoms with Gasteiger partial charge in [0.25, 0.3) is 5.91 Å². The molecule has 1 amide bonds. The molecule has 0 spiro atoms. The zero-order valence-corrected chi connectivity index (χ0v) is 19.2. The lowest BCUT2D eigenvalue weighted by molar-refractivity contribution is 0.102. The van der Waals surface area contributed by atoms with E-state index in [0.717, 1.165) is 22.4 Å². The molecule has 3 aromatic rings. The Hall–Kier alpha value is -3.67. The quantitative estimate of drug-likeness (QED) is 0.477. The van der Waals surface area contributed by atoms with Crippen molar-refractivity contribution in [1.82, 2.24) is 0 Å². The molecule has 0 saturated carbocycles. The van der Waals surface area contributed by atoms with Crippen LogP contribution in [0.3, 0.4) is 0 Å². The van der Waals surface area contributed by atoms with Crippen LogP contribution >= 0.6 is 0 Å². The van der Waals surface area contributed by atoms with E-state index >= 15 is 0 Å². The van der Waals surface area contributed by atoms with Crippen molar-refractivity contribution in [3.63, 3.8) is 0 Å². The van der Waals surface area contributed by atoms with Gasteiger partial charge in [-0.2, -0.15) is 0 Å². The van der Waals surface area contributed by atoms with Crippen molar-refractivity contribution in [2.45, 2.75) is 27.4 Å². The first kappa shape index (κ1) is 23.0. The molecule has 0 aliphatic rings. The van der Waals surface area contributed by atoms with Crippen molar-refractivity contribution in [3.05, 3.63) is 76.9 Å². The van der Waals surface area contributed by atoms with Crippen LogP contribution in [0.2, 0.25) is 0 Å². The molecule has 1 N–H and O–H groups in total. The van der Waals surface area contributed by atoms with Crippen molar-refractivity contribution in [3.8, 4) is 23.0 Å². The van der Waals surface area contributed by atoms with Gasteiger partial charge in [0.05, 0.1) is 26.5 Å². The van der Waals surface area contributed by atoms with E-state index in [1.165, 1.54) is 0 Å². The van der Waals surface area contributed by atoms with Gasteiger partial charge in [0.1, 0.15) is 29.6 Å². The zero-order valence-electron chi connectivity index (χ0n) is 19.2. The Morgan fingerprint density at radius 2 is 1.53 bits per heavy atom. The van der Waals surface area contributed by atoms with Gasteiger partial charge in [-0.1, -0.05) is 6.07 Å². The van der Waals surface area contributed by atoms with Gasteiger partial charge in [0.15, 0.2) is 0 Å². The molecule has 0 aromatic heterocycles. The van der Waals surface area contributed by atoms with E-state index in [1.54, 1.807) is 50.6 Å². The van der Waals surface area contributed by atoms with Gasteiger partial charge in [0, 0.05) is 17.2 Å². The van der Waals surface area contributed by atoms with E-state index in [1.807, 2.05) is 32.9 Å². The minimum atomic E-state index is -0.271. The van der Waals surface area contributed by atoms with Crippen molar-refractivity contribution >= 4 is 11.6 Å². The predicted octanol–water partition coefficient (Wildman–Crippen LogP) is 5.55. The second-order valence-corrected chi connectivity index (χ2v) is 7.39. The summed E-state index contributed by atoms with van der Waals surface area (Å²) in [6.07, 6.45) is 0. The maximum absolute atomic E-state index is 13.0. The number of benzene rings is 3. The van der Waals surface area contributed by atoms with Crippen LogP contribution in [0.15, 0.2) is 54.6 Å². The molecule has 0 heterocycles.